The molecule has 2 unspecified atom stereocenters. The Morgan fingerprint density at radius 2 is 2.10 bits per heavy atom. The molecule has 4 nitrogen and oxygen atoms in total. The van der Waals surface area contributed by atoms with E-state index in [0.29, 0.717) is 6.42 Å². The molecule has 0 radical (unpaired) electrons. The van der Waals surface area contributed by atoms with E-state index >= 15 is 0 Å². The molecule has 4 heteroatoms. The van der Waals surface area contributed by atoms with Crippen LogP contribution >= 0.6 is 0 Å². The third kappa shape index (κ3) is 4.23. The Balaban J connectivity index is 1.88. The maximum atomic E-state index is 11.6. The van der Waals surface area contributed by atoms with Crippen LogP contribution < -0.4 is 5.73 Å². The molecule has 1 fully saturated rings. The number of hydrogen-bond acceptors (Lipinski definition) is 4. The maximum Gasteiger partial charge on any atom is 0.308 e. The van der Waals surface area contributed by atoms with Gasteiger partial charge in [-0.2, -0.15) is 0 Å². The van der Waals surface area contributed by atoms with Crippen molar-refractivity contribution < 1.29 is 14.3 Å². The van der Waals surface area contributed by atoms with Crippen LogP contribution in [0.5, 0.6) is 0 Å². The van der Waals surface area contributed by atoms with Gasteiger partial charge >= 0.3 is 5.97 Å². The minimum Gasteiger partial charge on any atom is -0.436 e. The van der Waals surface area contributed by atoms with E-state index in [1.807, 2.05) is 24.3 Å². The molecule has 1 saturated heterocycles. The standard InChI is InChI=1S/C16H23NO3/c1-2-3-6-15(18)20-16-7-4-5-14(19-16)12-8-10-13(17)11-9-12/h8-11,14,16H,2-7,17H2,1H3. The lowest BCUT2D eigenvalue weighted by molar-refractivity contribution is -0.204. The molecule has 1 aliphatic rings. The number of carbonyl (C=O) groups excluding carboxylic acids is 1. The fraction of sp³-hybridized carbons (Fsp3) is 0.562. The summed E-state index contributed by atoms with van der Waals surface area (Å²) in [6, 6.07) is 7.69. The molecular weight excluding hydrogens is 254 g/mol. The van der Waals surface area contributed by atoms with E-state index in [9.17, 15) is 4.79 Å². The molecule has 1 heterocycles. The van der Waals surface area contributed by atoms with Crippen LogP contribution in [0.4, 0.5) is 5.69 Å². The smallest absolute Gasteiger partial charge is 0.308 e. The molecule has 1 aliphatic heterocycles. The Hall–Kier alpha value is -1.55. The average Bonchev–Trinajstić information content (AvgIpc) is 2.46. The van der Waals surface area contributed by atoms with Crippen LogP contribution in [-0.4, -0.2) is 12.3 Å². The van der Waals surface area contributed by atoms with Crippen molar-refractivity contribution in [3.8, 4) is 0 Å². The Kier molecular flexibility index (Phi) is 5.41. The first-order chi connectivity index (χ1) is 9.69. The van der Waals surface area contributed by atoms with E-state index in [2.05, 4.69) is 6.92 Å². The van der Waals surface area contributed by atoms with Gasteiger partial charge in [0.05, 0.1) is 6.10 Å². The summed E-state index contributed by atoms with van der Waals surface area (Å²) >= 11 is 0. The van der Waals surface area contributed by atoms with Crippen LogP contribution in [0.25, 0.3) is 0 Å². The van der Waals surface area contributed by atoms with Crippen molar-refractivity contribution >= 4 is 11.7 Å². The quantitative estimate of drug-likeness (QED) is 0.660. The Labute approximate surface area is 120 Å². The van der Waals surface area contributed by atoms with Gasteiger partial charge in [-0.15, -0.1) is 0 Å². The van der Waals surface area contributed by atoms with Gasteiger partial charge in [-0.3, -0.25) is 4.79 Å². The van der Waals surface area contributed by atoms with Crippen LogP contribution in [0.2, 0.25) is 0 Å². The summed E-state index contributed by atoms with van der Waals surface area (Å²) in [6.45, 7) is 2.06. The minimum atomic E-state index is -0.407. The van der Waals surface area contributed by atoms with Crippen molar-refractivity contribution in [2.75, 3.05) is 5.73 Å². The highest BCUT2D eigenvalue weighted by molar-refractivity contribution is 5.69. The second-order valence-corrected chi connectivity index (χ2v) is 5.25. The minimum absolute atomic E-state index is 0.00618. The molecule has 2 N–H and O–H groups in total. The molecule has 0 bridgehead atoms. The third-order valence-corrected chi connectivity index (χ3v) is 3.53. The first-order valence-corrected chi connectivity index (χ1v) is 7.39. The number of nitrogen functional groups attached to an aromatic ring is 1. The molecular formula is C16H23NO3. The molecule has 2 atom stereocenters. The number of hydrogen-bond donors (Lipinski definition) is 1. The largest absolute Gasteiger partial charge is 0.436 e. The number of nitrogens with two attached hydrogens (primary N) is 1. The normalized spacial score (nSPS) is 22.4. The summed E-state index contributed by atoms with van der Waals surface area (Å²) < 4.78 is 11.3. The number of rotatable bonds is 5. The van der Waals surface area contributed by atoms with Crippen LogP contribution in [0.15, 0.2) is 24.3 Å². The second kappa shape index (κ2) is 7.29. The number of ether oxygens (including phenoxy) is 2. The molecule has 0 saturated carbocycles. The topological polar surface area (TPSA) is 61.5 Å². The van der Waals surface area contributed by atoms with Gasteiger partial charge in [-0.05, 0) is 37.0 Å². The van der Waals surface area contributed by atoms with Crippen molar-refractivity contribution in [1.29, 1.82) is 0 Å². The predicted molar refractivity (Wildman–Crippen MR) is 77.9 cm³/mol. The zero-order chi connectivity index (χ0) is 14.4. The summed E-state index contributed by atoms with van der Waals surface area (Å²) in [5.41, 5.74) is 7.52. The van der Waals surface area contributed by atoms with Gasteiger partial charge in [0.1, 0.15) is 0 Å². The van der Waals surface area contributed by atoms with Gasteiger partial charge < -0.3 is 15.2 Å². The molecule has 110 valence electrons. The van der Waals surface area contributed by atoms with Gasteiger partial charge in [0.25, 0.3) is 0 Å². The number of benzene rings is 1. The van der Waals surface area contributed by atoms with Crippen molar-refractivity contribution in [3.63, 3.8) is 0 Å². The molecule has 0 spiro atoms. The van der Waals surface area contributed by atoms with Gasteiger partial charge in [-0.1, -0.05) is 25.5 Å². The van der Waals surface area contributed by atoms with Crippen LogP contribution in [0.3, 0.4) is 0 Å². The predicted octanol–water partition coefficient (Wildman–Crippen LogP) is 3.57. The van der Waals surface area contributed by atoms with Gasteiger partial charge in [0.2, 0.25) is 6.29 Å². The summed E-state index contributed by atoms with van der Waals surface area (Å²) in [5.74, 6) is -0.158. The molecule has 20 heavy (non-hydrogen) atoms. The van der Waals surface area contributed by atoms with E-state index < -0.39 is 6.29 Å². The number of anilines is 1. The van der Waals surface area contributed by atoms with Crippen LogP contribution in [0.1, 0.15) is 57.1 Å². The van der Waals surface area contributed by atoms with Crippen LogP contribution in [-0.2, 0) is 14.3 Å². The van der Waals surface area contributed by atoms with E-state index in [-0.39, 0.29) is 12.1 Å². The number of unbranched alkanes of at least 4 members (excludes halogenated alkanes) is 1. The molecule has 0 aliphatic carbocycles. The summed E-state index contributed by atoms with van der Waals surface area (Å²) in [6.07, 6.45) is 4.66. The average molecular weight is 277 g/mol. The van der Waals surface area contributed by atoms with E-state index in [4.69, 9.17) is 15.2 Å². The zero-order valence-corrected chi connectivity index (χ0v) is 12.0. The monoisotopic (exact) mass is 277 g/mol. The Morgan fingerprint density at radius 3 is 2.80 bits per heavy atom. The van der Waals surface area contributed by atoms with Crippen molar-refractivity contribution in [3.05, 3.63) is 29.8 Å². The lowest BCUT2D eigenvalue weighted by Gasteiger charge is -2.30. The lowest BCUT2D eigenvalue weighted by atomic mass is 10.0. The van der Waals surface area contributed by atoms with E-state index in [1.165, 1.54) is 0 Å². The highest BCUT2D eigenvalue weighted by Crippen LogP contribution is 2.32. The van der Waals surface area contributed by atoms with E-state index in [1.54, 1.807) is 0 Å². The fourth-order valence-corrected chi connectivity index (χ4v) is 2.36. The summed E-state index contributed by atoms with van der Waals surface area (Å²) in [4.78, 5) is 11.6. The third-order valence-electron chi connectivity index (χ3n) is 3.53. The van der Waals surface area contributed by atoms with Crippen molar-refractivity contribution in [2.45, 2.75) is 57.8 Å². The van der Waals surface area contributed by atoms with Gasteiger partial charge in [0, 0.05) is 18.5 Å². The Morgan fingerprint density at radius 1 is 1.35 bits per heavy atom. The fourth-order valence-electron chi connectivity index (χ4n) is 2.36. The van der Waals surface area contributed by atoms with Gasteiger partial charge in [0.15, 0.2) is 0 Å². The number of carbonyl (C=O) groups is 1. The highest BCUT2D eigenvalue weighted by atomic mass is 16.7. The van der Waals surface area contributed by atoms with Crippen molar-refractivity contribution in [2.24, 2.45) is 0 Å². The summed E-state index contributed by atoms with van der Waals surface area (Å²) in [7, 11) is 0. The maximum absolute atomic E-state index is 11.6. The summed E-state index contributed by atoms with van der Waals surface area (Å²) in [5, 5.41) is 0. The van der Waals surface area contributed by atoms with Crippen LogP contribution in [0, 0.1) is 0 Å². The molecule has 1 aromatic carbocycles. The first-order valence-electron chi connectivity index (χ1n) is 7.39. The molecule has 0 aromatic heterocycles. The number of esters is 1. The van der Waals surface area contributed by atoms with E-state index in [0.717, 1.165) is 43.4 Å². The first kappa shape index (κ1) is 14.9. The lowest BCUT2D eigenvalue weighted by Crippen LogP contribution is -2.27. The zero-order valence-electron chi connectivity index (χ0n) is 12.0. The molecule has 0 amide bonds. The second-order valence-electron chi connectivity index (χ2n) is 5.25. The molecule has 1 aromatic rings. The SMILES string of the molecule is CCCCC(=O)OC1CCCC(c2ccc(N)cc2)O1. The highest BCUT2D eigenvalue weighted by Gasteiger charge is 2.26. The van der Waals surface area contributed by atoms with Gasteiger partial charge in [-0.25, -0.2) is 0 Å². The van der Waals surface area contributed by atoms with Crippen molar-refractivity contribution in [1.82, 2.24) is 0 Å². The Bertz CT molecular complexity index is 430. The molecule has 2 rings (SSSR count).